The molecule has 2 heterocycles. The van der Waals surface area contributed by atoms with Crippen LogP contribution < -0.4 is 5.32 Å². The molecule has 0 amide bonds. The average molecular weight is 279 g/mol. The molecule has 1 aromatic rings. The number of hydrogen-bond acceptors (Lipinski definition) is 4. The van der Waals surface area contributed by atoms with Crippen molar-refractivity contribution in [1.29, 1.82) is 0 Å². The Morgan fingerprint density at radius 2 is 2.00 bits per heavy atom. The first-order valence-corrected chi connectivity index (χ1v) is 7.80. The highest BCUT2D eigenvalue weighted by Crippen LogP contribution is 2.12. The molecule has 20 heavy (non-hydrogen) atoms. The third-order valence-electron chi connectivity index (χ3n) is 3.80. The van der Waals surface area contributed by atoms with Crippen LogP contribution in [-0.4, -0.2) is 46.1 Å². The maximum atomic E-state index is 4.22. The second kappa shape index (κ2) is 6.68. The molecule has 0 aliphatic carbocycles. The van der Waals surface area contributed by atoms with Gasteiger partial charge in [-0.15, -0.1) is 5.10 Å². The molecule has 2 rings (SSSR count). The van der Waals surface area contributed by atoms with Gasteiger partial charge in [0.15, 0.2) is 0 Å². The van der Waals surface area contributed by atoms with Crippen molar-refractivity contribution in [2.45, 2.75) is 52.6 Å². The van der Waals surface area contributed by atoms with Crippen molar-refractivity contribution in [2.75, 3.05) is 26.2 Å². The summed E-state index contributed by atoms with van der Waals surface area (Å²) in [6.45, 7) is 14.3. The molecule has 1 unspecified atom stereocenters. The Morgan fingerprint density at radius 1 is 1.30 bits per heavy atom. The first kappa shape index (κ1) is 15.4. The van der Waals surface area contributed by atoms with Crippen LogP contribution in [0.25, 0.3) is 0 Å². The Hall–Kier alpha value is -0.940. The molecule has 0 bridgehead atoms. The maximum absolute atomic E-state index is 4.22. The van der Waals surface area contributed by atoms with Crippen LogP contribution in [-0.2, 0) is 12.1 Å². The summed E-state index contributed by atoms with van der Waals surface area (Å²) in [5.41, 5.74) is 1.03. The summed E-state index contributed by atoms with van der Waals surface area (Å²) < 4.78 is 1.93. The fraction of sp³-hybridized carbons (Fsp3) is 0.867. The van der Waals surface area contributed by atoms with E-state index in [1.807, 2.05) is 10.9 Å². The SMILES string of the molecule is CC(CNCc1cn(C(C)(C)C)nn1)CN1CCCC1. The molecule has 1 fully saturated rings. The smallest absolute Gasteiger partial charge is 0.0965 e. The molecule has 1 N–H and O–H groups in total. The van der Waals surface area contributed by atoms with Crippen LogP contribution in [0.5, 0.6) is 0 Å². The lowest BCUT2D eigenvalue weighted by Gasteiger charge is -2.20. The standard InChI is InChI=1S/C15H29N5/c1-13(11-19-7-5-6-8-19)9-16-10-14-12-20(18-17-14)15(2,3)4/h12-13,16H,5-11H2,1-4H3. The predicted molar refractivity (Wildman–Crippen MR) is 81.6 cm³/mol. The molecule has 1 aromatic heterocycles. The number of rotatable bonds is 6. The number of aromatic nitrogens is 3. The molecule has 1 aliphatic heterocycles. The predicted octanol–water partition coefficient (Wildman–Crippen LogP) is 1.85. The van der Waals surface area contributed by atoms with E-state index in [-0.39, 0.29) is 5.54 Å². The average Bonchev–Trinajstić information content (AvgIpc) is 2.98. The topological polar surface area (TPSA) is 46.0 Å². The quantitative estimate of drug-likeness (QED) is 0.863. The third-order valence-corrected chi connectivity index (χ3v) is 3.80. The van der Waals surface area contributed by atoms with Crippen molar-refractivity contribution in [3.63, 3.8) is 0 Å². The van der Waals surface area contributed by atoms with Crippen LogP contribution in [0.3, 0.4) is 0 Å². The molecule has 1 atom stereocenters. The van der Waals surface area contributed by atoms with E-state index in [2.05, 4.69) is 48.2 Å². The highest BCUT2D eigenvalue weighted by molar-refractivity contribution is 4.94. The van der Waals surface area contributed by atoms with Gasteiger partial charge in [0.05, 0.1) is 17.4 Å². The second-order valence-corrected chi connectivity index (χ2v) is 7.07. The number of nitrogens with zero attached hydrogens (tertiary/aromatic N) is 4. The van der Waals surface area contributed by atoms with E-state index < -0.39 is 0 Å². The minimum Gasteiger partial charge on any atom is -0.311 e. The van der Waals surface area contributed by atoms with Crippen LogP contribution in [0.2, 0.25) is 0 Å². The number of hydrogen-bond donors (Lipinski definition) is 1. The fourth-order valence-electron chi connectivity index (χ4n) is 2.62. The summed E-state index contributed by atoms with van der Waals surface area (Å²) in [4.78, 5) is 2.57. The van der Waals surface area contributed by atoms with Crippen molar-refractivity contribution in [3.8, 4) is 0 Å². The Bertz CT molecular complexity index is 401. The van der Waals surface area contributed by atoms with Crippen LogP contribution in [0.4, 0.5) is 0 Å². The lowest BCUT2D eigenvalue weighted by molar-refractivity contribution is 0.282. The summed E-state index contributed by atoms with van der Waals surface area (Å²) >= 11 is 0. The summed E-state index contributed by atoms with van der Waals surface area (Å²) in [6, 6.07) is 0. The van der Waals surface area contributed by atoms with E-state index in [1.165, 1.54) is 32.5 Å². The normalized spacial score (nSPS) is 18.6. The van der Waals surface area contributed by atoms with Crippen molar-refractivity contribution in [3.05, 3.63) is 11.9 Å². The van der Waals surface area contributed by atoms with Crippen LogP contribution in [0.1, 0.15) is 46.2 Å². The Labute approximate surface area is 122 Å². The monoisotopic (exact) mass is 279 g/mol. The molecule has 1 saturated heterocycles. The first-order valence-electron chi connectivity index (χ1n) is 7.80. The number of nitrogens with one attached hydrogen (secondary N) is 1. The summed E-state index contributed by atoms with van der Waals surface area (Å²) in [5.74, 6) is 0.686. The molecule has 5 heteroatoms. The summed E-state index contributed by atoms with van der Waals surface area (Å²) in [6.07, 6.45) is 4.78. The van der Waals surface area contributed by atoms with E-state index in [4.69, 9.17) is 0 Å². The maximum Gasteiger partial charge on any atom is 0.0965 e. The molecular formula is C15H29N5. The molecule has 0 spiro atoms. The van der Waals surface area contributed by atoms with Gasteiger partial charge in [-0.05, 0) is 59.2 Å². The molecule has 114 valence electrons. The van der Waals surface area contributed by atoms with Gasteiger partial charge in [0.25, 0.3) is 0 Å². The van der Waals surface area contributed by atoms with Crippen molar-refractivity contribution >= 4 is 0 Å². The third kappa shape index (κ3) is 4.56. The molecular weight excluding hydrogens is 250 g/mol. The zero-order valence-electron chi connectivity index (χ0n) is 13.4. The second-order valence-electron chi connectivity index (χ2n) is 7.07. The lowest BCUT2D eigenvalue weighted by atomic mass is 10.1. The van der Waals surface area contributed by atoms with Gasteiger partial charge in [-0.25, -0.2) is 4.68 Å². The van der Waals surface area contributed by atoms with Gasteiger partial charge in [-0.3, -0.25) is 0 Å². The van der Waals surface area contributed by atoms with Crippen molar-refractivity contribution in [2.24, 2.45) is 5.92 Å². The molecule has 5 nitrogen and oxygen atoms in total. The minimum absolute atomic E-state index is 0.00823. The highest BCUT2D eigenvalue weighted by Gasteiger charge is 2.16. The van der Waals surface area contributed by atoms with Crippen molar-refractivity contribution < 1.29 is 0 Å². The van der Waals surface area contributed by atoms with Crippen LogP contribution in [0, 0.1) is 5.92 Å². The van der Waals surface area contributed by atoms with Gasteiger partial charge >= 0.3 is 0 Å². The Balaban J connectivity index is 1.68. The van der Waals surface area contributed by atoms with E-state index >= 15 is 0 Å². The molecule has 0 aromatic carbocycles. The minimum atomic E-state index is 0.00823. The highest BCUT2D eigenvalue weighted by atomic mass is 15.4. The van der Waals surface area contributed by atoms with Gasteiger partial charge in [0, 0.05) is 13.1 Å². The van der Waals surface area contributed by atoms with Gasteiger partial charge in [-0.1, -0.05) is 12.1 Å². The number of likely N-dealkylation sites (tertiary alicyclic amines) is 1. The first-order chi connectivity index (χ1) is 9.45. The van der Waals surface area contributed by atoms with Crippen LogP contribution in [0.15, 0.2) is 6.20 Å². The summed E-state index contributed by atoms with van der Waals surface area (Å²) in [5, 5.41) is 11.9. The Kier molecular flexibility index (Phi) is 5.16. The molecule has 0 radical (unpaired) electrons. The molecule has 1 aliphatic rings. The summed E-state index contributed by atoms with van der Waals surface area (Å²) in [7, 11) is 0. The zero-order chi connectivity index (χ0) is 14.6. The molecule has 0 saturated carbocycles. The van der Waals surface area contributed by atoms with E-state index in [0.29, 0.717) is 5.92 Å². The zero-order valence-corrected chi connectivity index (χ0v) is 13.4. The van der Waals surface area contributed by atoms with Gasteiger partial charge in [-0.2, -0.15) is 0 Å². The van der Waals surface area contributed by atoms with Gasteiger partial charge in [0.1, 0.15) is 0 Å². The van der Waals surface area contributed by atoms with Crippen molar-refractivity contribution in [1.82, 2.24) is 25.2 Å². The van der Waals surface area contributed by atoms with E-state index in [1.54, 1.807) is 0 Å². The van der Waals surface area contributed by atoms with Gasteiger partial charge in [0.2, 0.25) is 0 Å². The van der Waals surface area contributed by atoms with E-state index in [0.717, 1.165) is 18.8 Å². The lowest BCUT2D eigenvalue weighted by Crippen LogP contribution is -2.31. The largest absolute Gasteiger partial charge is 0.311 e. The Morgan fingerprint density at radius 3 is 2.60 bits per heavy atom. The van der Waals surface area contributed by atoms with Crippen LogP contribution >= 0.6 is 0 Å². The van der Waals surface area contributed by atoms with E-state index in [9.17, 15) is 0 Å². The van der Waals surface area contributed by atoms with Gasteiger partial charge < -0.3 is 10.2 Å². The fourth-order valence-corrected chi connectivity index (χ4v) is 2.62.